The molecule has 1 aromatic heterocycles. The van der Waals surface area contributed by atoms with Gasteiger partial charge in [0.1, 0.15) is 17.4 Å². The van der Waals surface area contributed by atoms with E-state index < -0.39 is 6.10 Å². The van der Waals surface area contributed by atoms with Crippen LogP contribution >= 0.6 is 0 Å². The molecule has 0 amide bonds. The normalized spacial score (nSPS) is 15.1. The quantitative estimate of drug-likeness (QED) is 0.890. The Kier molecular flexibility index (Phi) is 4.27. The lowest BCUT2D eigenvalue weighted by atomic mass is 9.99. The van der Waals surface area contributed by atoms with E-state index in [9.17, 15) is 5.11 Å². The molecule has 0 fully saturated rings. The summed E-state index contributed by atoms with van der Waals surface area (Å²) < 4.78 is 11.4. The molecule has 0 bridgehead atoms. The number of hydrogen-bond donors (Lipinski definition) is 1. The average Bonchev–Trinajstić information content (AvgIpc) is 2.77. The second-order valence-corrected chi connectivity index (χ2v) is 5.30. The molecule has 19 heavy (non-hydrogen) atoms. The number of aliphatic hydroxyl groups is 1. The third-order valence-electron chi connectivity index (χ3n) is 3.31. The number of furan rings is 1. The summed E-state index contributed by atoms with van der Waals surface area (Å²) in [5.74, 6) is 0.803. The molecule has 104 valence electrons. The predicted molar refractivity (Wildman–Crippen MR) is 76.2 cm³/mol. The van der Waals surface area contributed by atoms with E-state index in [4.69, 9.17) is 9.15 Å². The minimum atomic E-state index is -0.729. The Morgan fingerprint density at radius 2 is 2.00 bits per heavy atom. The van der Waals surface area contributed by atoms with E-state index in [1.807, 2.05) is 45.9 Å². The SMILES string of the molecule is CCOC(C(C)C)C(O)c1cc2cc(C)ccc2o1. The summed E-state index contributed by atoms with van der Waals surface area (Å²) in [5, 5.41) is 11.5. The summed E-state index contributed by atoms with van der Waals surface area (Å²) >= 11 is 0. The van der Waals surface area contributed by atoms with E-state index in [1.165, 1.54) is 5.56 Å². The average molecular weight is 262 g/mol. The lowest BCUT2D eigenvalue weighted by Gasteiger charge is -2.24. The minimum Gasteiger partial charge on any atom is -0.458 e. The molecule has 0 aliphatic carbocycles. The summed E-state index contributed by atoms with van der Waals surface area (Å²) in [5.41, 5.74) is 1.98. The van der Waals surface area contributed by atoms with Crippen LogP contribution in [0.15, 0.2) is 28.7 Å². The highest BCUT2D eigenvalue weighted by atomic mass is 16.5. The van der Waals surface area contributed by atoms with Gasteiger partial charge >= 0.3 is 0 Å². The van der Waals surface area contributed by atoms with Crippen LogP contribution in [0.5, 0.6) is 0 Å². The fourth-order valence-electron chi connectivity index (χ4n) is 2.33. The van der Waals surface area contributed by atoms with Crippen molar-refractivity contribution in [1.29, 1.82) is 0 Å². The van der Waals surface area contributed by atoms with Crippen molar-refractivity contribution < 1.29 is 14.3 Å². The highest BCUT2D eigenvalue weighted by molar-refractivity contribution is 5.78. The Balaban J connectivity index is 2.31. The summed E-state index contributed by atoms with van der Waals surface area (Å²) in [6.45, 7) is 8.63. The van der Waals surface area contributed by atoms with Gasteiger partial charge in [-0.2, -0.15) is 0 Å². The van der Waals surface area contributed by atoms with Crippen molar-refractivity contribution in [2.24, 2.45) is 5.92 Å². The summed E-state index contributed by atoms with van der Waals surface area (Å²) in [6.07, 6.45) is -0.973. The van der Waals surface area contributed by atoms with Crippen LogP contribution in [0.25, 0.3) is 11.0 Å². The van der Waals surface area contributed by atoms with Crippen LogP contribution in [0, 0.1) is 12.8 Å². The zero-order chi connectivity index (χ0) is 14.0. The van der Waals surface area contributed by atoms with Crippen molar-refractivity contribution in [3.63, 3.8) is 0 Å². The van der Waals surface area contributed by atoms with Crippen LogP contribution in [0.3, 0.4) is 0 Å². The van der Waals surface area contributed by atoms with E-state index in [2.05, 4.69) is 6.07 Å². The van der Waals surface area contributed by atoms with Gasteiger partial charge < -0.3 is 14.3 Å². The molecule has 0 saturated heterocycles. The minimum absolute atomic E-state index is 0.227. The number of aryl methyl sites for hydroxylation is 1. The number of ether oxygens (including phenoxy) is 1. The molecule has 2 atom stereocenters. The van der Waals surface area contributed by atoms with Crippen LogP contribution in [0.1, 0.15) is 38.2 Å². The first-order chi connectivity index (χ1) is 9.02. The molecule has 1 aromatic carbocycles. The molecule has 1 heterocycles. The highest BCUT2D eigenvalue weighted by Crippen LogP contribution is 2.30. The zero-order valence-electron chi connectivity index (χ0n) is 12.0. The van der Waals surface area contributed by atoms with E-state index in [-0.39, 0.29) is 12.0 Å². The monoisotopic (exact) mass is 262 g/mol. The maximum Gasteiger partial charge on any atom is 0.138 e. The third-order valence-corrected chi connectivity index (χ3v) is 3.31. The number of aliphatic hydroxyl groups excluding tert-OH is 1. The number of fused-ring (bicyclic) bond motifs is 1. The molecule has 3 nitrogen and oxygen atoms in total. The van der Waals surface area contributed by atoms with Gasteiger partial charge in [0.15, 0.2) is 0 Å². The number of benzene rings is 1. The largest absolute Gasteiger partial charge is 0.458 e. The molecule has 0 radical (unpaired) electrons. The van der Waals surface area contributed by atoms with Gasteiger partial charge in [-0.3, -0.25) is 0 Å². The first-order valence-electron chi connectivity index (χ1n) is 6.82. The molecule has 0 aliphatic heterocycles. The van der Waals surface area contributed by atoms with Crippen molar-refractivity contribution in [2.75, 3.05) is 6.61 Å². The van der Waals surface area contributed by atoms with Crippen LogP contribution in [0.2, 0.25) is 0 Å². The van der Waals surface area contributed by atoms with Crippen molar-refractivity contribution in [1.82, 2.24) is 0 Å². The first kappa shape index (κ1) is 14.1. The van der Waals surface area contributed by atoms with Crippen LogP contribution in [0.4, 0.5) is 0 Å². The van der Waals surface area contributed by atoms with Crippen molar-refractivity contribution in [3.05, 3.63) is 35.6 Å². The topological polar surface area (TPSA) is 42.6 Å². The second-order valence-electron chi connectivity index (χ2n) is 5.30. The van der Waals surface area contributed by atoms with Gasteiger partial charge in [0.25, 0.3) is 0 Å². The van der Waals surface area contributed by atoms with E-state index in [0.717, 1.165) is 11.0 Å². The maximum absolute atomic E-state index is 10.4. The molecule has 0 spiro atoms. The van der Waals surface area contributed by atoms with Gasteiger partial charge in [-0.05, 0) is 38.0 Å². The highest BCUT2D eigenvalue weighted by Gasteiger charge is 2.27. The summed E-state index contributed by atoms with van der Waals surface area (Å²) in [6, 6.07) is 7.90. The van der Waals surface area contributed by atoms with Crippen LogP contribution in [-0.4, -0.2) is 17.8 Å². The molecule has 3 heteroatoms. The smallest absolute Gasteiger partial charge is 0.138 e. The van der Waals surface area contributed by atoms with E-state index in [1.54, 1.807) is 0 Å². The predicted octanol–water partition coefficient (Wildman–Crippen LogP) is 3.84. The van der Waals surface area contributed by atoms with Crippen LogP contribution < -0.4 is 0 Å². The zero-order valence-corrected chi connectivity index (χ0v) is 12.0. The molecule has 1 N–H and O–H groups in total. The fraction of sp³-hybridized carbons (Fsp3) is 0.500. The van der Waals surface area contributed by atoms with Gasteiger partial charge in [-0.15, -0.1) is 0 Å². The molecule has 0 saturated carbocycles. The fourth-order valence-corrected chi connectivity index (χ4v) is 2.33. The molecular weight excluding hydrogens is 240 g/mol. The lowest BCUT2D eigenvalue weighted by molar-refractivity contribution is -0.0657. The Hall–Kier alpha value is -1.32. The lowest BCUT2D eigenvalue weighted by Crippen LogP contribution is -2.27. The van der Waals surface area contributed by atoms with Crippen molar-refractivity contribution in [2.45, 2.75) is 39.9 Å². The molecule has 0 aliphatic rings. The van der Waals surface area contributed by atoms with Gasteiger partial charge in [0.05, 0.1) is 6.10 Å². The molecule has 2 unspecified atom stereocenters. The molecule has 2 rings (SSSR count). The maximum atomic E-state index is 10.4. The van der Waals surface area contributed by atoms with Crippen molar-refractivity contribution in [3.8, 4) is 0 Å². The standard InChI is InChI=1S/C16H22O3/c1-5-18-16(10(2)3)15(17)14-9-12-8-11(4)6-7-13(12)19-14/h6-10,15-17H,5H2,1-4H3. The Morgan fingerprint density at radius 1 is 1.26 bits per heavy atom. The van der Waals surface area contributed by atoms with Crippen molar-refractivity contribution >= 4 is 11.0 Å². The van der Waals surface area contributed by atoms with E-state index >= 15 is 0 Å². The third kappa shape index (κ3) is 2.99. The molecular formula is C16H22O3. The van der Waals surface area contributed by atoms with E-state index in [0.29, 0.717) is 12.4 Å². The van der Waals surface area contributed by atoms with Gasteiger partial charge in [-0.25, -0.2) is 0 Å². The molecule has 2 aromatic rings. The number of rotatable bonds is 5. The van der Waals surface area contributed by atoms with Gasteiger partial charge in [0, 0.05) is 12.0 Å². The number of hydrogen-bond acceptors (Lipinski definition) is 3. The van der Waals surface area contributed by atoms with Gasteiger partial charge in [-0.1, -0.05) is 25.5 Å². The second kappa shape index (κ2) is 5.76. The van der Waals surface area contributed by atoms with Gasteiger partial charge in [0.2, 0.25) is 0 Å². The Morgan fingerprint density at radius 3 is 2.63 bits per heavy atom. The van der Waals surface area contributed by atoms with Crippen LogP contribution in [-0.2, 0) is 4.74 Å². The Labute approximate surface area is 114 Å². The summed E-state index contributed by atoms with van der Waals surface area (Å²) in [7, 11) is 0. The Bertz CT molecular complexity index is 542. The summed E-state index contributed by atoms with van der Waals surface area (Å²) in [4.78, 5) is 0. The first-order valence-corrected chi connectivity index (χ1v) is 6.82.